The molecule has 0 radical (unpaired) electrons. The Kier molecular flexibility index (Phi) is 5.50. The Labute approximate surface area is 155 Å². The van der Waals surface area contributed by atoms with Crippen LogP contribution in [-0.2, 0) is 14.9 Å². The third-order valence-corrected chi connectivity index (χ3v) is 6.42. The Balaban J connectivity index is 1.99. The molecule has 2 aromatic carbocycles. The summed E-state index contributed by atoms with van der Waals surface area (Å²) < 4.78 is 35.1. The quantitative estimate of drug-likeness (QED) is 0.808. The van der Waals surface area contributed by atoms with E-state index in [0.29, 0.717) is 36.6 Å². The third-order valence-electron chi connectivity index (χ3n) is 4.63. The van der Waals surface area contributed by atoms with E-state index in [4.69, 9.17) is 4.74 Å². The van der Waals surface area contributed by atoms with Gasteiger partial charge < -0.3 is 10.1 Å². The van der Waals surface area contributed by atoms with Crippen molar-refractivity contribution in [3.63, 3.8) is 0 Å². The first-order valence-corrected chi connectivity index (χ1v) is 10.1. The van der Waals surface area contributed by atoms with Gasteiger partial charge in [0.1, 0.15) is 0 Å². The van der Waals surface area contributed by atoms with Crippen molar-refractivity contribution in [2.24, 2.45) is 0 Å². The zero-order chi connectivity index (χ0) is 18.7. The van der Waals surface area contributed by atoms with Gasteiger partial charge in [0.05, 0.1) is 23.2 Å². The van der Waals surface area contributed by atoms with Crippen molar-refractivity contribution in [1.29, 1.82) is 0 Å². The number of fused-ring (bicyclic) bond motifs is 1. The molecule has 2 aromatic rings. The second-order valence-corrected chi connectivity index (χ2v) is 8.03. The van der Waals surface area contributed by atoms with E-state index in [9.17, 15) is 8.42 Å². The van der Waals surface area contributed by atoms with Gasteiger partial charge in [-0.1, -0.05) is 30.3 Å². The molecule has 0 spiro atoms. The van der Waals surface area contributed by atoms with Crippen molar-refractivity contribution < 1.29 is 13.2 Å². The summed E-state index contributed by atoms with van der Waals surface area (Å²) in [6.45, 7) is 2.96. The lowest BCUT2D eigenvalue weighted by Gasteiger charge is -2.24. The van der Waals surface area contributed by atoms with Crippen LogP contribution in [0.25, 0.3) is 0 Å². The fourth-order valence-electron chi connectivity index (χ4n) is 3.27. The summed E-state index contributed by atoms with van der Waals surface area (Å²) >= 11 is 0. The number of methoxy groups -OCH3 is 1. The lowest BCUT2D eigenvalue weighted by Crippen LogP contribution is -2.38. The van der Waals surface area contributed by atoms with Gasteiger partial charge in [0.2, 0.25) is 0 Å². The van der Waals surface area contributed by atoms with Crippen molar-refractivity contribution in [3.05, 3.63) is 54.1 Å². The lowest BCUT2D eigenvalue weighted by atomic mass is 10.2. The zero-order valence-corrected chi connectivity index (χ0v) is 16.2. The highest BCUT2D eigenvalue weighted by Crippen LogP contribution is 2.45. The van der Waals surface area contributed by atoms with Crippen LogP contribution in [0.3, 0.4) is 0 Å². The minimum absolute atomic E-state index is 0.0464. The van der Waals surface area contributed by atoms with Gasteiger partial charge in [-0.15, -0.1) is 0 Å². The summed E-state index contributed by atoms with van der Waals surface area (Å²) in [4.78, 5) is 0. The molecule has 0 bridgehead atoms. The number of nitrogens with one attached hydrogen (secondary N) is 1. The second kappa shape index (κ2) is 7.65. The number of nitrogens with zero attached hydrogens (tertiary/aromatic N) is 2. The van der Waals surface area contributed by atoms with Crippen LogP contribution in [0, 0.1) is 6.92 Å². The first-order valence-electron chi connectivity index (χ1n) is 8.65. The summed E-state index contributed by atoms with van der Waals surface area (Å²) in [6.07, 6.45) is 0.557. The number of hydrogen-bond acceptors (Lipinski definition) is 4. The Morgan fingerprint density at radius 1 is 1.04 bits per heavy atom. The van der Waals surface area contributed by atoms with E-state index in [-0.39, 0.29) is 6.10 Å². The van der Waals surface area contributed by atoms with Gasteiger partial charge in [-0.3, -0.25) is 4.31 Å². The van der Waals surface area contributed by atoms with Crippen LogP contribution in [0.2, 0.25) is 0 Å². The highest BCUT2D eigenvalue weighted by atomic mass is 32.2. The molecule has 0 aromatic heterocycles. The Morgan fingerprint density at radius 2 is 1.65 bits per heavy atom. The predicted octanol–water partition coefficient (Wildman–Crippen LogP) is 2.82. The van der Waals surface area contributed by atoms with Crippen LogP contribution in [0.5, 0.6) is 0 Å². The summed E-state index contributed by atoms with van der Waals surface area (Å²) in [5.74, 6) is 0. The number of rotatable bonds is 7. The molecule has 1 atom stereocenters. The normalized spacial score (nSPS) is 16.6. The Hall–Kier alpha value is -2.09. The Bertz CT molecular complexity index is 870. The van der Waals surface area contributed by atoms with Crippen LogP contribution >= 0.6 is 0 Å². The molecule has 0 fully saturated rings. The van der Waals surface area contributed by atoms with Crippen molar-refractivity contribution >= 4 is 27.3 Å². The maximum absolute atomic E-state index is 13.4. The molecule has 3 rings (SSSR count). The first kappa shape index (κ1) is 18.7. The van der Waals surface area contributed by atoms with Gasteiger partial charge in [0.15, 0.2) is 0 Å². The number of benzene rings is 2. The molecule has 6 nitrogen and oxygen atoms in total. The van der Waals surface area contributed by atoms with Gasteiger partial charge >= 0.3 is 10.2 Å². The monoisotopic (exact) mass is 375 g/mol. The molecule has 0 saturated carbocycles. The fraction of sp³-hybridized carbons (Fsp3) is 0.368. The van der Waals surface area contributed by atoms with E-state index >= 15 is 0 Å². The molecule has 0 amide bonds. The van der Waals surface area contributed by atoms with Gasteiger partial charge in [0.25, 0.3) is 0 Å². The molecule has 0 saturated heterocycles. The first-order chi connectivity index (χ1) is 12.5. The van der Waals surface area contributed by atoms with Crippen LogP contribution in [0.4, 0.5) is 17.1 Å². The number of likely N-dealkylation sites (N-methyl/N-ethyl adjacent to an activating group) is 1. The lowest BCUT2D eigenvalue weighted by molar-refractivity contribution is 0.0985. The van der Waals surface area contributed by atoms with Crippen molar-refractivity contribution in [1.82, 2.24) is 5.32 Å². The van der Waals surface area contributed by atoms with Gasteiger partial charge in [-0.2, -0.15) is 8.42 Å². The zero-order valence-electron chi connectivity index (χ0n) is 15.3. The highest BCUT2D eigenvalue weighted by Gasteiger charge is 2.41. The van der Waals surface area contributed by atoms with E-state index in [2.05, 4.69) is 5.32 Å². The van der Waals surface area contributed by atoms with Crippen molar-refractivity contribution in [2.75, 3.05) is 35.9 Å². The van der Waals surface area contributed by atoms with E-state index < -0.39 is 10.2 Å². The van der Waals surface area contributed by atoms with Crippen molar-refractivity contribution in [2.45, 2.75) is 19.4 Å². The molecular weight excluding hydrogens is 350 g/mol. The van der Waals surface area contributed by atoms with Crippen LogP contribution in [-0.4, -0.2) is 41.8 Å². The minimum atomic E-state index is -3.69. The Morgan fingerprint density at radius 3 is 2.27 bits per heavy atom. The number of anilines is 3. The summed E-state index contributed by atoms with van der Waals surface area (Å²) in [6, 6.07) is 15.0. The summed E-state index contributed by atoms with van der Waals surface area (Å²) in [5.41, 5.74) is 2.98. The van der Waals surface area contributed by atoms with Crippen molar-refractivity contribution in [3.8, 4) is 0 Å². The van der Waals surface area contributed by atoms with E-state index in [1.807, 2.05) is 62.5 Å². The maximum atomic E-state index is 13.4. The topological polar surface area (TPSA) is 61.9 Å². The molecular formula is C19H25N3O3S. The van der Waals surface area contributed by atoms with Gasteiger partial charge in [-0.05, 0) is 44.2 Å². The minimum Gasteiger partial charge on any atom is -0.380 e. The summed E-state index contributed by atoms with van der Waals surface area (Å²) in [5, 5.41) is 3.07. The SMILES string of the molecule is CNC[C@H](CCN1c2ccccc2N(c2ccccc2C)S1(=O)=O)OC. The molecule has 1 N–H and O–H groups in total. The molecule has 1 aliphatic heterocycles. The standard InChI is InChI=1S/C19H25N3O3S/c1-15-8-4-5-9-17(15)22-19-11-7-6-10-18(19)21(26(22,23)24)13-12-16(25-3)14-20-2/h4-11,16,20H,12-14H2,1-3H3/t16-/m0/s1. The maximum Gasteiger partial charge on any atom is 0.330 e. The number of aryl methyl sites for hydroxylation is 1. The summed E-state index contributed by atoms with van der Waals surface area (Å²) in [7, 11) is -0.189. The second-order valence-electron chi connectivity index (χ2n) is 6.32. The number of para-hydroxylation sites is 3. The van der Waals surface area contributed by atoms with E-state index in [1.54, 1.807) is 7.11 Å². The molecule has 26 heavy (non-hydrogen) atoms. The van der Waals surface area contributed by atoms with E-state index in [0.717, 1.165) is 5.56 Å². The average Bonchev–Trinajstić information content (AvgIpc) is 2.85. The van der Waals surface area contributed by atoms with E-state index in [1.165, 1.54) is 8.61 Å². The van der Waals surface area contributed by atoms with Crippen LogP contribution in [0.15, 0.2) is 48.5 Å². The fourth-order valence-corrected chi connectivity index (χ4v) is 5.06. The van der Waals surface area contributed by atoms with Gasteiger partial charge in [-0.25, -0.2) is 4.31 Å². The van der Waals surface area contributed by atoms with Crippen LogP contribution < -0.4 is 13.9 Å². The molecule has 7 heteroatoms. The highest BCUT2D eigenvalue weighted by molar-refractivity contribution is 7.95. The third kappa shape index (κ3) is 3.30. The number of hydrogen-bond donors (Lipinski definition) is 1. The molecule has 0 aliphatic carbocycles. The largest absolute Gasteiger partial charge is 0.380 e. The molecule has 0 unspecified atom stereocenters. The molecule has 140 valence electrons. The smallest absolute Gasteiger partial charge is 0.330 e. The number of ether oxygens (including phenoxy) is 1. The van der Waals surface area contributed by atoms with Gasteiger partial charge in [0, 0.05) is 20.2 Å². The predicted molar refractivity (Wildman–Crippen MR) is 105 cm³/mol. The molecule has 1 heterocycles. The van der Waals surface area contributed by atoms with Crippen LogP contribution in [0.1, 0.15) is 12.0 Å². The average molecular weight is 375 g/mol. The molecule has 1 aliphatic rings.